The number of halogens is 3. The van der Waals surface area contributed by atoms with Crippen molar-refractivity contribution in [2.24, 2.45) is 0 Å². The molecule has 82 heavy (non-hydrogen) atoms. The molecule has 4 aliphatic heterocycles. The highest BCUT2D eigenvalue weighted by Crippen LogP contribution is 2.53. The number of morpholine rings is 1. The Hall–Kier alpha value is -5.60. The molecule has 7 heterocycles. The lowest BCUT2D eigenvalue weighted by atomic mass is 9.92. The highest BCUT2D eigenvalue weighted by Gasteiger charge is 2.33. The van der Waals surface area contributed by atoms with Crippen molar-refractivity contribution in [2.75, 3.05) is 151 Å². The molecule has 442 valence electrons. The minimum absolute atomic E-state index is 0.0151. The third kappa shape index (κ3) is 16.2. The number of likely N-dealkylation sites (N-methyl/N-ethyl adjacent to an activating group) is 1. The molecule has 0 radical (unpaired) electrons. The van der Waals surface area contributed by atoms with E-state index < -0.39 is 24.0 Å². The summed E-state index contributed by atoms with van der Waals surface area (Å²) in [6.07, 6.45) is 0.581. The second-order valence-electron chi connectivity index (χ2n) is 19.9. The number of rotatable bonds is 25. The Bertz CT molecular complexity index is 3020. The summed E-state index contributed by atoms with van der Waals surface area (Å²) < 4.78 is 79.9. The van der Waals surface area contributed by atoms with Gasteiger partial charge in [-0.25, -0.2) is 29.1 Å². The number of aromatic nitrogens is 4. The van der Waals surface area contributed by atoms with E-state index in [1.165, 1.54) is 29.8 Å². The van der Waals surface area contributed by atoms with Gasteiger partial charge in [0.15, 0.2) is 5.75 Å². The first-order valence-corrected chi connectivity index (χ1v) is 28.9. The average Bonchev–Trinajstić information content (AvgIpc) is 3.30. The van der Waals surface area contributed by atoms with Gasteiger partial charge in [0.05, 0.1) is 107 Å². The summed E-state index contributed by atoms with van der Waals surface area (Å²) in [5, 5.41) is 12.0. The molecule has 1 N–H and O–H groups in total. The van der Waals surface area contributed by atoms with Gasteiger partial charge in [-0.3, -0.25) is 4.90 Å². The van der Waals surface area contributed by atoms with Crippen molar-refractivity contribution in [3.05, 3.63) is 99.3 Å². The number of hydrogen-bond acceptors (Lipinski definition) is 20. The molecule has 2 fully saturated rings. The maximum Gasteiger partial charge on any atom is 0.345 e. The molecule has 4 aliphatic rings. The summed E-state index contributed by atoms with van der Waals surface area (Å²) in [6.45, 7) is 14.5. The average molecular weight is 1200 g/mol. The summed E-state index contributed by atoms with van der Waals surface area (Å²) in [5.41, 5.74) is 4.30. The second-order valence-corrected chi connectivity index (χ2v) is 21.7. The fourth-order valence-corrected chi connectivity index (χ4v) is 11.4. The largest absolute Gasteiger partial charge is 0.490 e. The predicted molar refractivity (Wildman–Crippen MR) is 308 cm³/mol. The molecular formula is C58H70Cl2FN7O13S. The van der Waals surface area contributed by atoms with E-state index in [4.69, 9.17) is 80.3 Å². The topological polar surface area (TPSA) is 200 Å². The van der Waals surface area contributed by atoms with E-state index >= 15 is 0 Å². The number of fused-ring (bicyclic) bond motifs is 7. The van der Waals surface area contributed by atoms with Crippen molar-refractivity contribution in [2.45, 2.75) is 45.2 Å². The van der Waals surface area contributed by atoms with Crippen LogP contribution < -0.4 is 23.8 Å². The summed E-state index contributed by atoms with van der Waals surface area (Å²) in [7, 11) is 3.74. The molecule has 20 nitrogen and oxygen atoms in total. The number of carbonyl (C=O) groups is 1. The van der Waals surface area contributed by atoms with Gasteiger partial charge in [-0.05, 0) is 79.5 Å². The Morgan fingerprint density at radius 2 is 1.49 bits per heavy atom. The summed E-state index contributed by atoms with van der Waals surface area (Å²) in [5.74, 6) is 0.00360. The van der Waals surface area contributed by atoms with Crippen LogP contribution in [0.25, 0.3) is 31.8 Å². The number of carboxylic acid groups (broad SMARTS) is 1. The van der Waals surface area contributed by atoms with Crippen LogP contribution in [0.3, 0.4) is 0 Å². The molecule has 3 atom stereocenters. The molecule has 0 aliphatic carbocycles. The molecule has 3 aromatic carbocycles. The summed E-state index contributed by atoms with van der Waals surface area (Å²) in [6, 6.07) is 13.2. The number of hydrogen-bond donors (Lipinski definition) is 1. The standard InChI is InChI=1S/C58H70Cl2FN7O13S/c1-37-48-38(2)52(60)53(51(37)59)80-45(31-67-15-13-66(3)14-16-67)35-78-43-9-10-46(40(29-43)30-47(57(69)70)81-55-50-49(48)54(82-56(50)64-36-63-55)39-5-7-41(61)8-6-39)79-33-42-11-12-62-58(65-42)68-17-18-77-44(32-68)34-76-28-27-75-26-25-74-24-23-73-22-21-72-20-19-71-4/h5-12,29,36,44-45,47H,13-28,30-35H2,1-4H3,(H,69,70)/t44-,45-,47-/m1/s1. The zero-order valence-corrected chi connectivity index (χ0v) is 48.9. The molecule has 0 spiro atoms. The molecule has 10 rings (SSSR count). The van der Waals surface area contributed by atoms with Gasteiger partial charge in [0.1, 0.15) is 47.8 Å². The minimum atomic E-state index is -1.49. The highest BCUT2D eigenvalue weighted by atomic mass is 35.5. The van der Waals surface area contributed by atoms with Gasteiger partial charge in [0.2, 0.25) is 17.9 Å². The van der Waals surface area contributed by atoms with Gasteiger partial charge in [-0.1, -0.05) is 35.3 Å². The summed E-state index contributed by atoms with van der Waals surface area (Å²) in [4.78, 5) is 40.0. The van der Waals surface area contributed by atoms with E-state index in [1.807, 2.05) is 18.7 Å². The predicted octanol–water partition coefficient (Wildman–Crippen LogP) is 7.85. The Morgan fingerprint density at radius 3 is 2.17 bits per heavy atom. The summed E-state index contributed by atoms with van der Waals surface area (Å²) >= 11 is 16.1. The molecule has 6 aromatic rings. The third-order valence-electron chi connectivity index (χ3n) is 14.1. The maximum absolute atomic E-state index is 14.5. The van der Waals surface area contributed by atoms with Crippen LogP contribution in [0.2, 0.25) is 10.0 Å². The lowest BCUT2D eigenvalue weighted by Crippen LogP contribution is -2.49. The Kier molecular flexibility index (Phi) is 22.5. The molecular weight excluding hydrogens is 1120 g/mol. The Morgan fingerprint density at radius 1 is 0.805 bits per heavy atom. The normalized spacial score (nSPS) is 18.0. The Balaban J connectivity index is 0.910. The van der Waals surface area contributed by atoms with E-state index in [9.17, 15) is 14.3 Å². The number of nitrogens with zero attached hydrogens (tertiary/aromatic N) is 7. The van der Waals surface area contributed by atoms with Crippen LogP contribution in [-0.4, -0.2) is 205 Å². The van der Waals surface area contributed by atoms with Crippen molar-refractivity contribution in [1.82, 2.24) is 29.7 Å². The van der Waals surface area contributed by atoms with Crippen molar-refractivity contribution in [3.63, 3.8) is 0 Å². The zero-order valence-electron chi connectivity index (χ0n) is 46.6. The van der Waals surface area contributed by atoms with Gasteiger partial charge in [-0.15, -0.1) is 11.3 Å². The van der Waals surface area contributed by atoms with E-state index in [1.54, 1.807) is 49.7 Å². The number of piperazine rings is 1. The van der Waals surface area contributed by atoms with Crippen LogP contribution in [0.15, 0.2) is 61.1 Å². The van der Waals surface area contributed by atoms with Gasteiger partial charge in [0.25, 0.3) is 0 Å². The molecule has 0 unspecified atom stereocenters. The highest BCUT2D eigenvalue weighted by molar-refractivity contribution is 7.22. The minimum Gasteiger partial charge on any atom is -0.490 e. The number of ether oxygens (including phenoxy) is 11. The SMILES string of the molecule is COCCOCCOCCOCCOCCOC[C@H]1CN(c2nccc(COc3ccc4cc3C[C@H](C(=O)O)Oc3ncnc5sc(-c6ccc(F)cc6)c(c35)-c3c(C)c(Cl)c(c(Cl)c3C)O[C@H](CN3CCN(C)CC3)CO4)n2)CCO1. The number of carboxylic acids is 1. The van der Waals surface area contributed by atoms with Crippen LogP contribution in [0.5, 0.6) is 23.1 Å². The van der Waals surface area contributed by atoms with Gasteiger partial charge < -0.3 is 67.0 Å². The number of thiophene rings is 1. The zero-order chi connectivity index (χ0) is 57.4. The molecule has 4 bridgehead atoms. The van der Waals surface area contributed by atoms with Crippen LogP contribution in [-0.2, 0) is 51.0 Å². The van der Waals surface area contributed by atoms with Gasteiger partial charge in [-0.2, -0.15) is 0 Å². The van der Waals surface area contributed by atoms with Crippen LogP contribution in [0.4, 0.5) is 10.3 Å². The molecule has 0 amide bonds. The second kappa shape index (κ2) is 30.3. The number of anilines is 1. The fraction of sp³-hybridized carbons (Fsp3) is 0.500. The number of methoxy groups -OCH3 is 1. The first-order chi connectivity index (χ1) is 39.9. The first-order valence-electron chi connectivity index (χ1n) is 27.4. The van der Waals surface area contributed by atoms with Crippen LogP contribution in [0.1, 0.15) is 22.4 Å². The molecule has 2 saturated heterocycles. The maximum atomic E-state index is 14.5. The third-order valence-corrected chi connectivity index (χ3v) is 16.1. The number of aliphatic carboxylic acids is 1. The van der Waals surface area contributed by atoms with E-state index in [0.29, 0.717) is 176 Å². The molecule has 0 saturated carbocycles. The van der Waals surface area contributed by atoms with Crippen molar-refractivity contribution in [1.29, 1.82) is 0 Å². The number of benzene rings is 3. The van der Waals surface area contributed by atoms with Crippen molar-refractivity contribution >= 4 is 56.7 Å². The molecule has 3 aromatic heterocycles. The van der Waals surface area contributed by atoms with E-state index in [0.717, 1.165) is 26.2 Å². The van der Waals surface area contributed by atoms with E-state index in [-0.39, 0.29) is 41.7 Å². The van der Waals surface area contributed by atoms with Crippen LogP contribution in [0, 0.1) is 19.7 Å². The smallest absolute Gasteiger partial charge is 0.345 e. The first kappa shape index (κ1) is 61.0. The van der Waals surface area contributed by atoms with Gasteiger partial charge >= 0.3 is 5.97 Å². The van der Waals surface area contributed by atoms with E-state index in [2.05, 4.69) is 31.8 Å². The van der Waals surface area contributed by atoms with Crippen molar-refractivity contribution < 1.29 is 66.4 Å². The fourth-order valence-electron chi connectivity index (χ4n) is 9.72. The Labute approximate surface area is 490 Å². The lowest BCUT2D eigenvalue weighted by Gasteiger charge is -2.35. The van der Waals surface area contributed by atoms with Crippen molar-refractivity contribution in [3.8, 4) is 44.7 Å². The van der Waals surface area contributed by atoms with Crippen LogP contribution >= 0.6 is 34.5 Å². The molecule has 24 heteroatoms. The van der Waals surface area contributed by atoms with Gasteiger partial charge in [0, 0.05) is 81.5 Å². The quantitative estimate of drug-likeness (QED) is 0.0543. The monoisotopic (exact) mass is 1190 g/mol. The lowest BCUT2D eigenvalue weighted by molar-refractivity contribution is -0.145.